The first kappa shape index (κ1) is 13.6. The van der Waals surface area contributed by atoms with Crippen LogP contribution in [0.25, 0.3) is 0 Å². The van der Waals surface area contributed by atoms with Gasteiger partial charge in [0.1, 0.15) is 5.75 Å². The van der Waals surface area contributed by atoms with Crippen LogP contribution in [0.1, 0.15) is 28.3 Å². The smallest absolute Gasteiger partial charge is 0.262 e. The van der Waals surface area contributed by atoms with Crippen molar-refractivity contribution in [2.45, 2.75) is 19.9 Å². The molecule has 0 radical (unpaired) electrons. The van der Waals surface area contributed by atoms with E-state index in [1.54, 1.807) is 0 Å². The number of aryl methyl sites for hydroxylation is 2. The van der Waals surface area contributed by atoms with Gasteiger partial charge in [0, 0.05) is 0 Å². The summed E-state index contributed by atoms with van der Waals surface area (Å²) < 4.78 is 5.36. The first-order chi connectivity index (χ1) is 10.0. The van der Waals surface area contributed by atoms with Crippen LogP contribution in [0.4, 0.5) is 5.69 Å². The van der Waals surface area contributed by atoms with E-state index in [9.17, 15) is 4.79 Å². The average Bonchev–Trinajstić information content (AvgIpc) is 2.48. The van der Waals surface area contributed by atoms with E-state index >= 15 is 0 Å². The maximum absolute atomic E-state index is 11.4. The predicted molar refractivity (Wildman–Crippen MR) is 82.5 cm³/mol. The molecule has 0 aliphatic carbocycles. The van der Waals surface area contributed by atoms with Gasteiger partial charge in [0.15, 0.2) is 6.61 Å². The van der Waals surface area contributed by atoms with Crippen LogP contribution in [0, 0.1) is 13.8 Å². The lowest BCUT2D eigenvalue weighted by atomic mass is 9.96. The van der Waals surface area contributed by atoms with Crippen molar-refractivity contribution in [2.75, 3.05) is 11.9 Å². The maximum atomic E-state index is 11.4. The highest BCUT2D eigenvalue weighted by molar-refractivity contribution is 5.95. The molecule has 0 bridgehead atoms. The summed E-state index contributed by atoms with van der Waals surface area (Å²) in [6.45, 7) is 4.22. The van der Waals surface area contributed by atoms with Gasteiger partial charge in [0.25, 0.3) is 5.91 Å². The minimum atomic E-state index is -0.228. The third-order valence-corrected chi connectivity index (χ3v) is 3.89. The molecule has 1 aliphatic rings. The second kappa shape index (κ2) is 5.22. The Morgan fingerprint density at radius 2 is 1.81 bits per heavy atom. The lowest BCUT2D eigenvalue weighted by molar-refractivity contribution is -0.118. The Bertz CT molecular complexity index is 710. The monoisotopic (exact) mass is 282 g/mol. The molecule has 0 saturated carbocycles. The highest BCUT2D eigenvalue weighted by atomic mass is 16.5. The number of benzene rings is 2. The van der Waals surface area contributed by atoms with Gasteiger partial charge in [-0.1, -0.05) is 24.3 Å². The van der Waals surface area contributed by atoms with E-state index in [4.69, 9.17) is 10.5 Å². The van der Waals surface area contributed by atoms with Crippen molar-refractivity contribution in [1.82, 2.24) is 0 Å². The molecular formula is C17H18N2O2. The zero-order valence-electron chi connectivity index (χ0n) is 12.1. The van der Waals surface area contributed by atoms with Crippen molar-refractivity contribution in [3.05, 3.63) is 58.7 Å². The normalized spacial score (nSPS) is 14.9. The molecule has 0 aromatic heterocycles. The minimum absolute atomic E-state index is 0.0650. The van der Waals surface area contributed by atoms with Gasteiger partial charge in [-0.05, 0) is 48.2 Å². The number of hydrogen-bond acceptors (Lipinski definition) is 3. The Kier molecular flexibility index (Phi) is 3.39. The molecule has 0 spiro atoms. The van der Waals surface area contributed by atoms with Crippen LogP contribution in [-0.4, -0.2) is 12.5 Å². The molecule has 1 aliphatic heterocycles. The fraction of sp³-hybridized carbons (Fsp3) is 0.235. The van der Waals surface area contributed by atoms with Crippen molar-refractivity contribution in [3.8, 4) is 5.75 Å². The standard InChI is InChI=1S/C17H18N2O2/c1-10-3-4-12(7-11(10)2)17(18)13-5-6-15-14(8-13)19-16(20)9-21-15/h3-8,17H,9,18H2,1-2H3,(H,19,20). The van der Waals surface area contributed by atoms with Crippen LogP contribution in [0.2, 0.25) is 0 Å². The number of nitrogens with two attached hydrogens (primary N) is 1. The predicted octanol–water partition coefficient (Wildman–Crippen LogP) is 2.68. The molecule has 1 heterocycles. The minimum Gasteiger partial charge on any atom is -0.482 e. The van der Waals surface area contributed by atoms with E-state index in [1.165, 1.54) is 11.1 Å². The summed E-state index contributed by atoms with van der Waals surface area (Å²) in [6.07, 6.45) is 0. The van der Waals surface area contributed by atoms with Crippen molar-refractivity contribution in [1.29, 1.82) is 0 Å². The van der Waals surface area contributed by atoms with Gasteiger partial charge in [0.2, 0.25) is 0 Å². The molecule has 1 atom stereocenters. The summed E-state index contributed by atoms with van der Waals surface area (Å²) in [5.41, 5.74) is 11.5. The molecule has 4 heteroatoms. The van der Waals surface area contributed by atoms with Gasteiger partial charge < -0.3 is 15.8 Å². The Balaban J connectivity index is 1.94. The highest BCUT2D eigenvalue weighted by Gasteiger charge is 2.18. The third-order valence-electron chi connectivity index (χ3n) is 3.89. The Morgan fingerprint density at radius 3 is 2.57 bits per heavy atom. The number of rotatable bonds is 2. The fourth-order valence-electron chi connectivity index (χ4n) is 2.44. The molecule has 4 nitrogen and oxygen atoms in total. The zero-order chi connectivity index (χ0) is 15.0. The zero-order valence-corrected chi connectivity index (χ0v) is 12.1. The second-order valence-electron chi connectivity index (χ2n) is 5.41. The summed E-state index contributed by atoms with van der Waals surface area (Å²) in [6, 6.07) is 11.7. The van der Waals surface area contributed by atoms with Gasteiger partial charge in [-0.25, -0.2) is 0 Å². The average molecular weight is 282 g/mol. The molecule has 3 N–H and O–H groups in total. The number of nitrogens with one attached hydrogen (secondary N) is 1. The van der Waals surface area contributed by atoms with E-state index in [0.29, 0.717) is 11.4 Å². The van der Waals surface area contributed by atoms with Gasteiger partial charge in [0.05, 0.1) is 11.7 Å². The van der Waals surface area contributed by atoms with Gasteiger partial charge in [-0.3, -0.25) is 4.79 Å². The Morgan fingerprint density at radius 1 is 1.10 bits per heavy atom. The van der Waals surface area contributed by atoms with E-state index in [-0.39, 0.29) is 18.6 Å². The number of fused-ring (bicyclic) bond motifs is 1. The summed E-state index contributed by atoms with van der Waals surface area (Å²) in [5, 5.41) is 2.81. The summed E-state index contributed by atoms with van der Waals surface area (Å²) in [5.74, 6) is 0.546. The highest BCUT2D eigenvalue weighted by Crippen LogP contribution is 2.32. The molecule has 0 fully saturated rings. The number of ether oxygens (including phenoxy) is 1. The molecule has 2 aromatic carbocycles. The van der Waals surface area contributed by atoms with E-state index < -0.39 is 0 Å². The topological polar surface area (TPSA) is 64.3 Å². The van der Waals surface area contributed by atoms with Crippen LogP contribution in [0.5, 0.6) is 5.75 Å². The first-order valence-electron chi connectivity index (χ1n) is 6.94. The lowest BCUT2D eigenvalue weighted by Crippen LogP contribution is -2.25. The van der Waals surface area contributed by atoms with Crippen LogP contribution in [0.15, 0.2) is 36.4 Å². The molecule has 21 heavy (non-hydrogen) atoms. The lowest BCUT2D eigenvalue weighted by Gasteiger charge is -2.21. The molecule has 1 unspecified atom stereocenters. The summed E-state index contributed by atoms with van der Waals surface area (Å²) >= 11 is 0. The molecule has 1 amide bonds. The molecule has 3 rings (SSSR count). The fourth-order valence-corrected chi connectivity index (χ4v) is 2.44. The molecule has 108 valence electrons. The number of carbonyl (C=O) groups excluding carboxylic acids is 1. The Hall–Kier alpha value is -2.33. The number of amides is 1. The second-order valence-corrected chi connectivity index (χ2v) is 5.41. The van der Waals surface area contributed by atoms with Gasteiger partial charge in [-0.15, -0.1) is 0 Å². The van der Waals surface area contributed by atoms with Gasteiger partial charge >= 0.3 is 0 Å². The maximum Gasteiger partial charge on any atom is 0.262 e. The van der Waals surface area contributed by atoms with Crippen LogP contribution in [-0.2, 0) is 4.79 Å². The van der Waals surface area contributed by atoms with Crippen molar-refractivity contribution >= 4 is 11.6 Å². The van der Waals surface area contributed by atoms with E-state index in [0.717, 1.165) is 11.1 Å². The number of anilines is 1. The van der Waals surface area contributed by atoms with Gasteiger partial charge in [-0.2, -0.15) is 0 Å². The van der Waals surface area contributed by atoms with E-state index in [2.05, 4.69) is 31.3 Å². The third kappa shape index (κ3) is 2.62. The molecular weight excluding hydrogens is 264 g/mol. The molecule has 2 aromatic rings. The van der Waals surface area contributed by atoms with Crippen molar-refractivity contribution in [3.63, 3.8) is 0 Å². The van der Waals surface area contributed by atoms with Crippen LogP contribution in [0.3, 0.4) is 0 Å². The SMILES string of the molecule is Cc1ccc(C(N)c2ccc3c(c2)NC(=O)CO3)cc1C. The van der Waals surface area contributed by atoms with Crippen LogP contribution >= 0.6 is 0 Å². The first-order valence-corrected chi connectivity index (χ1v) is 6.94. The number of carbonyl (C=O) groups is 1. The summed E-state index contributed by atoms with van der Waals surface area (Å²) in [4.78, 5) is 11.4. The van der Waals surface area contributed by atoms with Crippen molar-refractivity contribution in [2.24, 2.45) is 5.73 Å². The Labute approximate surface area is 123 Å². The summed E-state index contributed by atoms with van der Waals surface area (Å²) in [7, 11) is 0. The van der Waals surface area contributed by atoms with E-state index in [1.807, 2.05) is 24.3 Å². The molecule has 0 saturated heterocycles. The van der Waals surface area contributed by atoms with Crippen molar-refractivity contribution < 1.29 is 9.53 Å². The largest absolute Gasteiger partial charge is 0.482 e. The number of hydrogen-bond donors (Lipinski definition) is 2. The quantitative estimate of drug-likeness (QED) is 0.890. The van der Waals surface area contributed by atoms with Crippen LogP contribution < -0.4 is 15.8 Å².